The second kappa shape index (κ2) is 9.66. The van der Waals surface area contributed by atoms with Crippen molar-refractivity contribution in [1.29, 1.82) is 0 Å². The fourth-order valence-electron chi connectivity index (χ4n) is 1.50. The van der Waals surface area contributed by atoms with Crippen molar-refractivity contribution in [3.8, 4) is 12.3 Å². The summed E-state index contributed by atoms with van der Waals surface area (Å²) in [4.78, 5) is 14.3. The van der Waals surface area contributed by atoms with E-state index >= 15 is 0 Å². The molecule has 0 spiro atoms. The van der Waals surface area contributed by atoms with Gasteiger partial charge in [-0.05, 0) is 18.6 Å². The zero-order valence-electron chi connectivity index (χ0n) is 11.8. The summed E-state index contributed by atoms with van der Waals surface area (Å²) in [5.74, 6) is 4.33. The first kappa shape index (κ1) is 16.9. The van der Waals surface area contributed by atoms with Gasteiger partial charge in [0.05, 0.1) is 17.2 Å². The van der Waals surface area contributed by atoms with Crippen LogP contribution in [0.1, 0.15) is 11.3 Å². The van der Waals surface area contributed by atoms with Gasteiger partial charge in [0.1, 0.15) is 0 Å². The summed E-state index contributed by atoms with van der Waals surface area (Å²) in [6.45, 7) is 2.88. The van der Waals surface area contributed by atoms with Gasteiger partial charge in [-0.3, -0.25) is 15.1 Å². The molecule has 0 atom stereocenters. The van der Waals surface area contributed by atoms with E-state index in [1.165, 1.54) is 5.56 Å². The van der Waals surface area contributed by atoms with Crippen LogP contribution in [-0.4, -0.2) is 28.7 Å². The third kappa shape index (κ3) is 7.22. The molecular weight excluding hydrogens is 288 g/mol. The molecular formula is C14H18N4O2S. The molecule has 0 fully saturated rings. The Balaban J connectivity index is 2.30. The van der Waals surface area contributed by atoms with Gasteiger partial charge in [-0.1, -0.05) is 12.0 Å². The lowest BCUT2D eigenvalue weighted by molar-refractivity contribution is -0.404. The SMILES string of the molecule is C#CCN/C(=C/[N+](=O)[O-])NCCSCc1ncccc1C. The molecule has 112 valence electrons. The number of pyridine rings is 1. The van der Waals surface area contributed by atoms with E-state index in [1.807, 2.05) is 19.1 Å². The fraction of sp³-hybridized carbons (Fsp3) is 0.357. The first-order valence-corrected chi connectivity index (χ1v) is 7.53. The molecule has 6 nitrogen and oxygen atoms in total. The number of nitro groups is 1. The van der Waals surface area contributed by atoms with E-state index in [2.05, 4.69) is 21.5 Å². The summed E-state index contributed by atoms with van der Waals surface area (Å²) in [7, 11) is 0. The van der Waals surface area contributed by atoms with Crippen molar-refractivity contribution in [1.82, 2.24) is 15.6 Å². The summed E-state index contributed by atoms with van der Waals surface area (Å²) in [5.41, 5.74) is 2.23. The average Bonchev–Trinajstić information content (AvgIpc) is 2.45. The third-order valence-corrected chi connectivity index (χ3v) is 3.50. The highest BCUT2D eigenvalue weighted by molar-refractivity contribution is 7.98. The van der Waals surface area contributed by atoms with Crippen molar-refractivity contribution in [2.45, 2.75) is 12.7 Å². The van der Waals surface area contributed by atoms with Gasteiger partial charge in [0.15, 0.2) is 5.82 Å². The standard InChI is InChI=1S/C14H18N4O2S/c1-3-6-16-14(10-18(19)20)17-8-9-21-11-13-12(2)5-4-7-15-13/h1,4-5,7,10,16-17H,6,8-9,11H2,2H3/b14-10-. The molecule has 0 amide bonds. The molecule has 21 heavy (non-hydrogen) atoms. The minimum atomic E-state index is -0.518. The summed E-state index contributed by atoms with van der Waals surface area (Å²) in [6.07, 6.45) is 7.77. The Morgan fingerprint density at radius 1 is 1.62 bits per heavy atom. The van der Waals surface area contributed by atoms with Crippen LogP contribution in [0.2, 0.25) is 0 Å². The van der Waals surface area contributed by atoms with E-state index in [4.69, 9.17) is 6.42 Å². The van der Waals surface area contributed by atoms with Gasteiger partial charge in [-0.2, -0.15) is 11.8 Å². The lowest BCUT2D eigenvalue weighted by Crippen LogP contribution is -2.29. The smallest absolute Gasteiger partial charge is 0.274 e. The molecule has 0 aliphatic heterocycles. The number of hydrogen-bond acceptors (Lipinski definition) is 6. The van der Waals surface area contributed by atoms with Crippen LogP contribution in [-0.2, 0) is 5.75 Å². The van der Waals surface area contributed by atoms with Crippen LogP contribution in [0.25, 0.3) is 0 Å². The highest BCUT2D eigenvalue weighted by Gasteiger charge is 2.02. The molecule has 1 rings (SSSR count). The van der Waals surface area contributed by atoms with E-state index < -0.39 is 4.92 Å². The molecule has 7 heteroatoms. The number of hydrogen-bond donors (Lipinski definition) is 2. The van der Waals surface area contributed by atoms with Gasteiger partial charge < -0.3 is 10.6 Å². The van der Waals surface area contributed by atoms with Crippen molar-refractivity contribution >= 4 is 11.8 Å². The largest absolute Gasteiger partial charge is 0.366 e. The summed E-state index contributed by atoms with van der Waals surface area (Å²) in [5, 5.41) is 16.2. The molecule has 0 unspecified atom stereocenters. The number of rotatable bonds is 9. The van der Waals surface area contributed by atoms with Crippen molar-refractivity contribution in [3.63, 3.8) is 0 Å². The van der Waals surface area contributed by atoms with E-state index in [1.54, 1.807) is 18.0 Å². The Hall–Kier alpha value is -2.20. The van der Waals surface area contributed by atoms with Crippen molar-refractivity contribution in [3.05, 3.63) is 51.7 Å². The van der Waals surface area contributed by atoms with Crippen LogP contribution in [0.15, 0.2) is 30.4 Å². The van der Waals surface area contributed by atoms with Crippen LogP contribution in [0.3, 0.4) is 0 Å². The zero-order valence-corrected chi connectivity index (χ0v) is 12.7. The zero-order chi connectivity index (χ0) is 15.5. The van der Waals surface area contributed by atoms with Crippen LogP contribution in [0, 0.1) is 29.4 Å². The maximum atomic E-state index is 10.5. The molecule has 1 aromatic heterocycles. The predicted octanol–water partition coefficient (Wildman–Crippen LogP) is 1.51. The molecule has 0 radical (unpaired) electrons. The van der Waals surface area contributed by atoms with E-state index in [-0.39, 0.29) is 6.54 Å². The van der Waals surface area contributed by atoms with E-state index in [0.29, 0.717) is 12.4 Å². The number of aryl methyl sites for hydroxylation is 1. The maximum Gasteiger partial charge on any atom is 0.274 e. The maximum absolute atomic E-state index is 10.5. The summed E-state index contributed by atoms with van der Waals surface area (Å²) in [6, 6.07) is 3.94. The van der Waals surface area contributed by atoms with Crippen molar-refractivity contribution < 1.29 is 4.92 Å². The van der Waals surface area contributed by atoms with Crippen LogP contribution in [0.4, 0.5) is 0 Å². The predicted molar refractivity (Wildman–Crippen MR) is 85.1 cm³/mol. The molecule has 0 bridgehead atoms. The Morgan fingerprint density at radius 2 is 2.43 bits per heavy atom. The molecule has 1 aromatic rings. The van der Waals surface area contributed by atoms with Crippen LogP contribution < -0.4 is 10.6 Å². The van der Waals surface area contributed by atoms with Crippen molar-refractivity contribution in [2.24, 2.45) is 0 Å². The fourth-order valence-corrected chi connectivity index (χ4v) is 2.39. The van der Waals surface area contributed by atoms with E-state index in [0.717, 1.165) is 23.4 Å². The second-order valence-corrected chi connectivity index (χ2v) is 5.24. The normalized spacial score (nSPS) is 10.8. The Bertz CT molecular complexity index is 540. The first-order chi connectivity index (χ1) is 10.1. The average molecular weight is 306 g/mol. The van der Waals surface area contributed by atoms with Gasteiger partial charge in [0.2, 0.25) is 0 Å². The monoisotopic (exact) mass is 306 g/mol. The Kier molecular flexibility index (Phi) is 7.76. The molecule has 0 saturated carbocycles. The lowest BCUT2D eigenvalue weighted by atomic mass is 10.2. The summed E-state index contributed by atoms with van der Waals surface area (Å²) < 4.78 is 0. The van der Waals surface area contributed by atoms with Gasteiger partial charge in [0.25, 0.3) is 6.20 Å². The molecule has 0 aromatic carbocycles. The molecule has 0 aliphatic rings. The number of nitrogens with one attached hydrogen (secondary N) is 2. The highest BCUT2D eigenvalue weighted by Crippen LogP contribution is 2.12. The van der Waals surface area contributed by atoms with E-state index in [9.17, 15) is 10.1 Å². The number of thioether (sulfide) groups is 1. The number of aromatic nitrogens is 1. The number of nitrogens with zero attached hydrogens (tertiary/aromatic N) is 2. The number of terminal acetylenes is 1. The minimum Gasteiger partial charge on any atom is -0.366 e. The topological polar surface area (TPSA) is 80.1 Å². The molecule has 1 heterocycles. The lowest BCUT2D eigenvalue weighted by Gasteiger charge is -2.09. The molecule has 2 N–H and O–H groups in total. The Morgan fingerprint density at radius 3 is 3.10 bits per heavy atom. The molecule has 0 aliphatic carbocycles. The minimum absolute atomic E-state index is 0.243. The first-order valence-electron chi connectivity index (χ1n) is 6.38. The van der Waals surface area contributed by atoms with Gasteiger partial charge in [-0.25, -0.2) is 0 Å². The quantitative estimate of drug-likeness (QED) is 0.311. The Labute approximate surface area is 128 Å². The van der Waals surface area contributed by atoms with Gasteiger partial charge >= 0.3 is 0 Å². The summed E-state index contributed by atoms with van der Waals surface area (Å²) >= 11 is 1.72. The second-order valence-electron chi connectivity index (χ2n) is 4.13. The highest BCUT2D eigenvalue weighted by atomic mass is 32.2. The van der Waals surface area contributed by atoms with Gasteiger partial charge in [0, 0.05) is 24.2 Å². The van der Waals surface area contributed by atoms with Crippen molar-refractivity contribution in [2.75, 3.05) is 18.8 Å². The third-order valence-electron chi connectivity index (χ3n) is 2.53. The van der Waals surface area contributed by atoms with Gasteiger partial charge in [-0.15, -0.1) is 6.42 Å². The van der Waals surface area contributed by atoms with Crippen LogP contribution >= 0.6 is 11.8 Å². The van der Waals surface area contributed by atoms with Crippen LogP contribution in [0.5, 0.6) is 0 Å². The molecule has 0 saturated heterocycles.